The highest BCUT2D eigenvalue weighted by Gasteiger charge is 2.38. The van der Waals surface area contributed by atoms with E-state index < -0.39 is 8.07 Å². The summed E-state index contributed by atoms with van der Waals surface area (Å²) in [6.07, 6.45) is 0. The highest BCUT2D eigenvalue weighted by atomic mass is 28.3. The maximum absolute atomic E-state index is 12.7. The van der Waals surface area contributed by atoms with Gasteiger partial charge in [-0.15, -0.1) is 5.54 Å². The molecule has 0 aliphatic carbocycles. The highest BCUT2D eigenvalue weighted by Crippen LogP contribution is 2.26. The van der Waals surface area contributed by atoms with E-state index in [1.54, 1.807) is 12.0 Å². The van der Waals surface area contributed by atoms with Crippen LogP contribution in [0, 0.1) is 11.5 Å². The molecule has 1 atom stereocenters. The molecule has 0 aromatic heterocycles. The fourth-order valence-electron chi connectivity index (χ4n) is 2.21. The fourth-order valence-corrected chi connectivity index (χ4v) is 2.81. The van der Waals surface area contributed by atoms with Gasteiger partial charge in [-0.05, 0) is 24.3 Å². The minimum absolute atomic E-state index is 0.00726. The van der Waals surface area contributed by atoms with Crippen molar-refractivity contribution in [3.05, 3.63) is 24.3 Å². The molecule has 2 amide bonds. The number of anilines is 1. The third kappa shape index (κ3) is 4.51. The first-order chi connectivity index (χ1) is 11.4. The van der Waals surface area contributed by atoms with Crippen LogP contribution in [-0.4, -0.2) is 52.8 Å². The maximum Gasteiger partial charge on any atom is 0.349 e. The predicted molar refractivity (Wildman–Crippen MR) is 95.4 cm³/mol. The summed E-state index contributed by atoms with van der Waals surface area (Å²) in [5.41, 5.74) is 4.09. The van der Waals surface area contributed by atoms with Gasteiger partial charge in [0.05, 0.1) is 13.7 Å². The summed E-state index contributed by atoms with van der Waals surface area (Å²) in [5.74, 6) is 3.95. The Morgan fingerprint density at radius 1 is 1.21 bits per heavy atom. The second-order valence-corrected chi connectivity index (χ2v) is 11.2. The van der Waals surface area contributed by atoms with Crippen LogP contribution in [0.2, 0.25) is 19.6 Å². The van der Waals surface area contributed by atoms with Gasteiger partial charge >= 0.3 is 6.03 Å². The quantitative estimate of drug-likeness (QED) is 0.466. The van der Waals surface area contributed by atoms with E-state index in [9.17, 15) is 4.79 Å². The molecule has 0 bridgehead atoms. The van der Waals surface area contributed by atoms with Crippen molar-refractivity contribution in [3.8, 4) is 17.2 Å². The first kappa shape index (κ1) is 18.3. The molecule has 0 radical (unpaired) electrons. The van der Waals surface area contributed by atoms with Crippen LogP contribution >= 0.6 is 0 Å². The molecule has 0 N–H and O–H groups in total. The van der Waals surface area contributed by atoms with Gasteiger partial charge in [-0.2, -0.15) is 5.06 Å². The number of benzene rings is 1. The van der Waals surface area contributed by atoms with Crippen LogP contribution in [0.1, 0.15) is 0 Å². The molecule has 1 aliphatic rings. The van der Waals surface area contributed by atoms with E-state index in [1.807, 2.05) is 24.3 Å². The molecule has 1 saturated heterocycles. The lowest BCUT2D eigenvalue weighted by Crippen LogP contribution is -2.35. The summed E-state index contributed by atoms with van der Waals surface area (Å²) in [4.78, 5) is 19.8. The predicted octanol–water partition coefficient (Wildman–Crippen LogP) is 2.72. The highest BCUT2D eigenvalue weighted by molar-refractivity contribution is 6.83. The number of ether oxygens (including phenoxy) is 2. The van der Waals surface area contributed by atoms with Gasteiger partial charge < -0.3 is 9.47 Å². The maximum atomic E-state index is 12.7. The number of rotatable bonds is 5. The topological polar surface area (TPSA) is 51.2 Å². The molecule has 1 aromatic rings. The molecular weight excluding hydrogens is 324 g/mol. The van der Waals surface area contributed by atoms with Crippen molar-refractivity contribution in [3.63, 3.8) is 0 Å². The third-order valence-electron chi connectivity index (χ3n) is 3.37. The van der Waals surface area contributed by atoms with Crippen LogP contribution in [0.3, 0.4) is 0 Å². The number of amides is 2. The average Bonchev–Trinajstić information content (AvgIpc) is 2.86. The van der Waals surface area contributed by atoms with E-state index in [0.29, 0.717) is 6.54 Å². The van der Waals surface area contributed by atoms with Gasteiger partial charge in [0.2, 0.25) is 0 Å². The van der Waals surface area contributed by atoms with Gasteiger partial charge in [0.1, 0.15) is 19.9 Å². The molecule has 0 saturated carbocycles. The zero-order valence-corrected chi connectivity index (χ0v) is 15.8. The van der Waals surface area contributed by atoms with Crippen molar-refractivity contribution in [2.75, 3.05) is 32.5 Å². The lowest BCUT2D eigenvalue weighted by Gasteiger charge is -2.19. The number of hydrogen-bond acceptors (Lipinski definition) is 4. The number of nitrogens with zero attached hydrogens (tertiary/aromatic N) is 2. The molecular formula is C17H24N2O4Si. The molecule has 1 aliphatic heterocycles. The molecule has 24 heavy (non-hydrogen) atoms. The summed E-state index contributed by atoms with van der Waals surface area (Å²) < 4.78 is 10.1. The molecule has 130 valence electrons. The summed E-state index contributed by atoms with van der Waals surface area (Å²) in [7, 11) is 1.59. The SMILES string of the molecule is COCON1C(=O)N(c2ccc(OC)cc2)CC1C#C[Si](C)(C)C. The van der Waals surface area contributed by atoms with Crippen LogP contribution < -0.4 is 9.64 Å². The molecule has 1 aromatic carbocycles. The summed E-state index contributed by atoms with van der Waals surface area (Å²) in [6.45, 7) is 6.95. The van der Waals surface area contributed by atoms with Crippen molar-refractivity contribution < 1.29 is 19.1 Å². The van der Waals surface area contributed by atoms with E-state index in [-0.39, 0.29) is 18.9 Å². The van der Waals surface area contributed by atoms with Gasteiger partial charge in [0.15, 0.2) is 6.79 Å². The van der Waals surface area contributed by atoms with Crippen LogP contribution in [0.4, 0.5) is 10.5 Å². The molecule has 6 nitrogen and oxygen atoms in total. The van der Waals surface area contributed by atoms with Crippen molar-refractivity contribution in [2.24, 2.45) is 0 Å². The zero-order chi connectivity index (χ0) is 17.7. The largest absolute Gasteiger partial charge is 0.497 e. The first-order valence-electron chi connectivity index (χ1n) is 7.75. The van der Waals surface area contributed by atoms with Gasteiger partial charge in [-0.1, -0.05) is 25.6 Å². The van der Waals surface area contributed by atoms with Crippen LogP contribution in [0.25, 0.3) is 0 Å². The molecule has 7 heteroatoms. The Kier molecular flexibility index (Phi) is 5.88. The van der Waals surface area contributed by atoms with E-state index in [0.717, 1.165) is 11.4 Å². The summed E-state index contributed by atoms with van der Waals surface area (Å²) in [6, 6.07) is 6.78. The van der Waals surface area contributed by atoms with Crippen molar-refractivity contribution in [2.45, 2.75) is 25.7 Å². The Hall–Kier alpha value is -2.01. The zero-order valence-electron chi connectivity index (χ0n) is 14.8. The smallest absolute Gasteiger partial charge is 0.349 e. The third-order valence-corrected chi connectivity index (χ3v) is 4.26. The van der Waals surface area contributed by atoms with Crippen molar-refractivity contribution in [1.82, 2.24) is 5.06 Å². The molecule has 1 unspecified atom stereocenters. The lowest BCUT2D eigenvalue weighted by molar-refractivity contribution is -0.185. The molecule has 1 heterocycles. The van der Waals surface area contributed by atoms with Gasteiger partial charge in [-0.3, -0.25) is 4.90 Å². The van der Waals surface area contributed by atoms with Gasteiger partial charge in [0, 0.05) is 12.8 Å². The van der Waals surface area contributed by atoms with Crippen LogP contribution in [0.15, 0.2) is 24.3 Å². The minimum Gasteiger partial charge on any atom is -0.497 e. The second-order valence-electron chi connectivity index (χ2n) is 6.49. The van der Waals surface area contributed by atoms with Crippen molar-refractivity contribution in [1.29, 1.82) is 0 Å². The monoisotopic (exact) mass is 348 g/mol. The van der Waals surface area contributed by atoms with E-state index >= 15 is 0 Å². The fraction of sp³-hybridized carbons (Fsp3) is 0.471. The van der Waals surface area contributed by atoms with E-state index in [4.69, 9.17) is 14.3 Å². The Morgan fingerprint density at radius 2 is 1.88 bits per heavy atom. The number of carbonyl (C=O) groups excluding carboxylic acids is 1. The number of carbonyl (C=O) groups is 1. The molecule has 1 fully saturated rings. The average molecular weight is 348 g/mol. The van der Waals surface area contributed by atoms with Crippen molar-refractivity contribution >= 4 is 19.8 Å². The summed E-state index contributed by atoms with van der Waals surface area (Å²) in [5, 5.41) is 1.31. The van der Waals surface area contributed by atoms with Gasteiger partial charge in [0.25, 0.3) is 0 Å². The number of urea groups is 1. The Balaban J connectivity index is 2.24. The van der Waals surface area contributed by atoms with Crippen LogP contribution in [-0.2, 0) is 9.57 Å². The standard InChI is InChI=1S/C17H24N2O4Si/c1-21-13-23-19-15(10-11-24(3,4)5)12-18(17(19)20)14-6-8-16(22-2)9-7-14/h6-9,15H,12-13H2,1-5H3. The Morgan fingerprint density at radius 3 is 2.42 bits per heavy atom. The van der Waals surface area contributed by atoms with Crippen LogP contribution in [0.5, 0.6) is 5.75 Å². The lowest BCUT2D eigenvalue weighted by atomic mass is 10.2. The summed E-state index contributed by atoms with van der Waals surface area (Å²) >= 11 is 0. The molecule has 0 spiro atoms. The number of hydroxylamine groups is 2. The second kappa shape index (κ2) is 7.70. The van der Waals surface area contributed by atoms with Gasteiger partial charge in [-0.25, -0.2) is 9.63 Å². The first-order valence-corrected chi connectivity index (χ1v) is 11.2. The minimum atomic E-state index is -1.54. The van der Waals surface area contributed by atoms with E-state index in [2.05, 4.69) is 31.1 Å². The Labute approximate surface area is 144 Å². The number of hydrogen-bond donors (Lipinski definition) is 0. The molecule has 2 rings (SSSR count). The Bertz CT molecular complexity index is 631. The number of methoxy groups -OCH3 is 2. The normalized spacial score (nSPS) is 17.7. The van der Waals surface area contributed by atoms with E-state index in [1.165, 1.54) is 12.2 Å².